The summed E-state index contributed by atoms with van der Waals surface area (Å²) < 4.78 is 7.24. The summed E-state index contributed by atoms with van der Waals surface area (Å²) in [4.78, 5) is 18.3. The summed E-state index contributed by atoms with van der Waals surface area (Å²) in [7, 11) is 1.54. The number of benzene rings is 1. The van der Waals surface area contributed by atoms with Crippen molar-refractivity contribution in [3.63, 3.8) is 0 Å². The molecule has 26 heavy (non-hydrogen) atoms. The van der Waals surface area contributed by atoms with Crippen molar-refractivity contribution in [3.8, 4) is 17.0 Å². The van der Waals surface area contributed by atoms with Gasteiger partial charge in [0.25, 0.3) is 0 Å². The van der Waals surface area contributed by atoms with Gasteiger partial charge >= 0.3 is 5.56 Å². The first-order valence-electron chi connectivity index (χ1n) is 9.83. The van der Waals surface area contributed by atoms with Crippen molar-refractivity contribution in [1.82, 2.24) is 4.73 Å². The highest BCUT2D eigenvalue weighted by Crippen LogP contribution is 2.27. The number of fused-ring (bicyclic) bond motifs is 2. The number of aromatic nitrogens is 1. The summed E-state index contributed by atoms with van der Waals surface area (Å²) in [5, 5.41) is 0. The van der Waals surface area contributed by atoms with E-state index < -0.39 is 0 Å². The zero-order chi connectivity index (χ0) is 18.2. The smallest absolute Gasteiger partial charge is 0.325 e. The summed E-state index contributed by atoms with van der Waals surface area (Å²) in [6, 6.07) is 11.9. The van der Waals surface area contributed by atoms with Gasteiger partial charge in [0.05, 0.1) is 12.3 Å². The van der Waals surface area contributed by atoms with Crippen LogP contribution < -0.4 is 15.1 Å². The Morgan fingerprint density at radius 2 is 1.58 bits per heavy atom. The van der Waals surface area contributed by atoms with Gasteiger partial charge in [-0.15, -0.1) is 4.73 Å². The molecule has 0 amide bonds. The van der Waals surface area contributed by atoms with Crippen LogP contribution in [-0.4, -0.2) is 18.4 Å². The molecule has 0 saturated carbocycles. The van der Waals surface area contributed by atoms with Gasteiger partial charge in [-0.05, 0) is 30.9 Å². The Balaban J connectivity index is 2.02. The molecule has 0 unspecified atom stereocenters. The Morgan fingerprint density at radius 1 is 0.923 bits per heavy atom. The Morgan fingerprint density at radius 3 is 2.27 bits per heavy atom. The Bertz CT molecular complexity index is 752. The Hall–Kier alpha value is -2.23. The zero-order valence-corrected chi connectivity index (χ0v) is 15.7. The van der Waals surface area contributed by atoms with Crippen molar-refractivity contribution in [3.05, 3.63) is 52.3 Å². The summed E-state index contributed by atoms with van der Waals surface area (Å²) in [6.45, 7) is 0.586. The van der Waals surface area contributed by atoms with Crippen molar-refractivity contribution in [2.24, 2.45) is 0 Å². The molecule has 4 heteroatoms. The molecule has 0 aliphatic carbocycles. The minimum atomic E-state index is -0.220. The van der Waals surface area contributed by atoms with Gasteiger partial charge in [0, 0.05) is 5.56 Å². The van der Waals surface area contributed by atoms with Crippen molar-refractivity contribution >= 4 is 0 Å². The minimum Gasteiger partial charge on any atom is -0.488 e. The van der Waals surface area contributed by atoms with Gasteiger partial charge in [-0.25, -0.2) is 0 Å². The lowest BCUT2D eigenvalue weighted by Gasteiger charge is -2.18. The predicted octanol–water partition coefficient (Wildman–Crippen LogP) is 4.63. The molecule has 0 saturated heterocycles. The molecule has 0 fully saturated rings. The highest BCUT2D eigenvalue weighted by Gasteiger charge is 2.18. The third kappa shape index (κ3) is 4.48. The fourth-order valence-corrected chi connectivity index (χ4v) is 3.65. The van der Waals surface area contributed by atoms with Crippen molar-refractivity contribution in [2.75, 3.05) is 13.7 Å². The van der Waals surface area contributed by atoms with Crippen LogP contribution in [0.15, 0.2) is 41.2 Å². The number of rotatable bonds is 2. The third-order valence-corrected chi connectivity index (χ3v) is 5.04. The van der Waals surface area contributed by atoms with E-state index in [1.807, 2.05) is 36.4 Å². The van der Waals surface area contributed by atoms with Crippen molar-refractivity contribution in [2.45, 2.75) is 57.8 Å². The summed E-state index contributed by atoms with van der Waals surface area (Å²) in [5.74, 6) is 0.401. The Labute approximate surface area is 155 Å². The molecule has 1 aliphatic rings. The van der Waals surface area contributed by atoms with Crippen molar-refractivity contribution < 1.29 is 9.57 Å². The number of nitrogens with zero attached hydrogens (tertiary/aromatic N) is 1. The highest BCUT2D eigenvalue weighted by atomic mass is 16.7. The van der Waals surface area contributed by atoms with Gasteiger partial charge in [0.15, 0.2) is 5.75 Å². The maximum Gasteiger partial charge on any atom is 0.325 e. The van der Waals surface area contributed by atoms with Crippen LogP contribution in [0.4, 0.5) is 0 Å². The average molecular weight is 355 g/mol. The van der Waals surface area contributed by atoms with E-state index in [1.54, 1.807) is 7.11 Å². The normalized spacial score (nSPS) is 16.3. The largest absolute Gasteiger partial charge is 0.488 e. The lowest BCUT2D eigenvalue weighted by Crippen LogP contribution is -2.29. The average Bonchev–Trinajstić information content (AvgIpc) is 2.67. The SMILES string of the molecule is COn1c(-c2ccccc2)c2cc(c1=O)OCCCCCCCCCC2. The number of hydrogen-bond donors (Lipinski definition) is 0. The minimum absolute atomic E-state index is 0.220. The second kappa shape index (κ2) is 9.46. The van der Waals surface area contributed by atoms with Gasteiger partial charge in [-0.3, -0.25) is 4.79 Å². The van der Waals surface area contributed by atoms with E-state index >= 15 is 0 Å². The summed E-state index contributed by atoms with van der Waals surface area (Å²) >= 11 is 0. The van der Waals surface area contributed by atoms with E-state index in [9.17, 15) is 4.79 Å². The van der Waals surface area contributed by atoms with Crippen LogP contribution in [-0.2, 0) is 6.42 Å². The molecule has 0 N–H and O–H groups in total. The fraction of sp³-hybridized carbons (Fsp3) is 0.500. The monoisotopic (exact) mass is 355 g/mol. The molecule has 1 aromatic heterocycles. The molecule has 140 valence electrons. The second-order valence-corrected chi connectivity index (χ2v) is 6.96. The van der Waals surface area contributed by atoms with Crippen LogP contribution in [0.25, 0.3) is 11.3 Å². The molecule has 0 atom stereocenters. The van der Waals surface area contributed by atoms with Crippen molar-refractivity contribution in [1.29, 1.82) is 0 Å². The molecule has 4 nitrogen and oxygen atoms in total. The standard InChI is InChI=1S/C22H29NO3/c1-25-23-21(18-13-10-8-11-14-18)19-15-9-6-4-2-3-5-7-12-16-26-20(17-19)22(23)24/h8,10-11,13-14,17H,2-7,9,12,15-16H2,1H3. The molecule has 0 radical (unpaired) electrons. The number of ether oxygens (including phenoxy) is 1. The summed E-state index contributed by atoms with van der Waals surface area (Å²) in [6.07, 6.45) is 10.6. The van der Waals surface area contributed by atoms with E-state index in [-0.39, 0.29) is 5.56 Å². The van der Waals surface area contributed by atoms with Crippen LogP contribution in [0.1, 0.15) is 56.9 Å². The predicted molar refractivity (Wildman–Crippen MR) is 105 cm³/mol. The third-order valence-electron chi connectivity index (χ3n) is 5.04. The quantitative estimate of drug-likeness (QED) is 0.788. The molecule has 3 rings (SSSR count). The van der Waals surface area contributed by atoms with Gasteiger partial charge in [-0.1, -0.05) is 68.9 Å². The van der Waals surface area contributed by atoms with E-state index in [4.69, 9.17) is 9.57 Å². The number of hydrogen-bond acceptors (Lipinski definition) is 3. The van der Waals surface area contributed by atoms with E-state index in [1.165, 1.54) is 36.8 Å². The lowest BCUT2D eigenvalue weighted by molar-refractivity contribution is 0.155. The summed E-state index contributed by atoms with van der Waals surface area (Å²) in [5.41, 5.74) is 2.73. The second-order valence-electron chi connectivity index (χ2n) is 6.96. The number of pyridine rings is 1. The van der Waals surface area contributed by atoms with Gasteiger partial charge in [-0.2, -0.15) is 0 Å². The zero-order valence-electron chi connectivity index (χ0n) is 15.7. The molecule has 2 bridgehead atoms. The van der Waals surface area contributed by atoms with Gasteiger partial charge in [0.1, 0.15) is 7.11 Å². The van der Waals surface area contributed by atoms with E-state index in [2.05, 4.69) is 0 Å². The van der Waals surface area contributed by atoms with Crippen LogP contribution in [0.2, 0.25) is 0 Å². The highest BCUT2D eigenvalue weighted by molar-refractivity contribution is 5.64. The van der Waals surface area contributed by atoms with Gasteiger partial charge in [0.2, 0.25) is 0 Å². The fourth-order valence-electron chi connectivity index (χ4n) is 3.65. The first kappa shape index (κ1) is 18.6. The van der Waals surface area contributed by atoms with Gasteiger partial charge < -0.3 is 9.57 Å². The first-order valence-corrected chi connectivity index (χ1v) is 9.83. The molecule has 1 aliphatic heterocycles. The molecular formula is C22H29NO3. The topological polar surface area (TPSA) is 40.5 Å². The molecular weight excluding hydrogens is 326 g/mol. The van der Waals surface area contributed by atoms with Crippen LogP contribution in [0.3, 0.4) is 0 Å². The van der Waals surface area contributed by atoms with Crippen LogP contribution in [0, 0.1) is 0 Å². The maximum atomic E-state index is 12.9. The van der Waals surface area contributed by atoms with Crippen LogP contribution in [0.5, 0.6) is 5.75 Å². The molecule has 1 aromatic carbocycles. The molecule has 2 aromatic rings. The Kier molecular flexibility index (Phi) is 6.75. The number of aryl methyl sites for hydroxylation is 1. The maximum absolute atomic E-state index is 12.9. The van der Waals surface area contributed by atoms with Crippen LogP contribution >= 0.6 is 0 Å². The molecule has 0 spiro atoms. The van der Waals surface area contributed by atoms with E-state index in [0.29, 0.717) is 12.4 Å². The van der Waals surface area contributed by atoms with E-state index in [0.717, 1.165) is 42.5 Å². The lowest BCUT2D eigenvalue weighted by atomic mass is 9.99. The first-order chi connectivity index (χ1) is 12.8. The molecule has 2 heterocycles.